The summed E-state index contributed by atoms with van der Waals surface area (Å²) < 4.78 is 18.2. The van der Waals surface area contributed by atoms with E-state index < -0.39 is 54.6 Å². The number of carboxylic acid groups (broad SMARTS) is 1. The van der Waals surface area contributed by atoms with Crippen LogP contribution in [0.3, 0.4) is 0 Å². The van der Waals surface area contributed by atoms with E-state index in [0.29, 0.717) is 38.2 Å². The second kappa shape index (κ2) is 18.4. The fraction of sp³-hybridized carbons (Fsp3) is 0.825. The van der Waals surface area contributed by atoms with Crippen molar-refractivity contribution in [1.82, 2.24) is 5.32 Å². The zero-order chi connectivity index (χ0) is 37.7. The number of rotatable bonds is 14. The first-order chi connectivity index (χ1) is 25.4. The van der Waals surface area contributed by atoms with Crippen LogP contribution in [0.2, 0.25) is 0 Å². The fourth-order valence-corrected chi connectivity index (χ4v) is 9.78. The predicted molar refractivity (Wildman–Crippen MR) is 195 cm³/mol. The van der Waals surface area contributed by atoms with Crippen LogP contribution in [0, 0.1) is 42.1 Å². The molecule has 0 aromatic carbocycles. The molecule has 3 aliphatic heterocycles. The maximum atomic E-state index is 12.1. The molecule has 0 aromatic rings. The number of aliphatic imine (C=N–C) groups is 1. The normalized spacial score (nSPS) is 41.3. The number of hydrogen-bond donors (Lipinski definition) is 8. The van der Waals surface area contributed by atoms with Gasteiger partial charge in [0.1, 0.15) is 30.6 Å². The van der Waals surface area contributed by atoms with Crippen molar-refractivity contribution in [2.24, 2.45) is 40.5 Å². The highest BCUT2D eigenvalue weighted by molar-refractivity contribution is 5.82. The van der Waals surface area contributed by atoms with Gasteiger partial charge in [-0.15, -0.1) is 4.99 Å². The molecule has 0 aromatic heterocycles. The molecule has 13 nitrogen and oxygen atoms in total. The number of aliphatic carboxylic acids is 1. The lowest BCUT2D eigenvalue weighted by Gasteiger charge is -2.51. The van der Waals surface area contributed by atoms with Crippen molar-refractivity contribution in [3.8, 4) is 0 Å². The second-order valence-corrected chi connectivity index (χ2v) is 16.9. The highest BCUT2D eigenvalue weighted by Crippen LogP contribution is 2.44. The van der Waals surface area contributed by atoms with Crippen LogP contribution in [0.4, 0.5) is 0 Å². The van der Waals surface area contributed by atoms with Crippen molar-refractivity contribution in [3.05, 3.63) is 30.3 Å². The van der Waals surface area contributed by atoms with Gasteiger partial charge in [-0.05, 0) is 81.5 Å². The minimum atomic E-state index is -2.64. The van der Waals surface area contributed by atoms with E-state index >= 15 is 0 Å². The number of fused-ring (bicyclic) bond motifs is 1. The van der Waals surface area contributed by atoms with Crippen molar-refractivity contribution < 1.29 is 54.8 Å². The van der Waals surface area contributed by atoms with Crippen LogP contribution in [-0.4, -0.2) is 122 Å². The summed E-state index contributed by atoms with van der Waals surface area (Å²) >= 11 is 0. The van der Waals surface area contributed by atoms with Gasteiger partial charge in [-0.25, -0.2) is 4.79 Å². The lowest BCUT2D eigenvalue weighted by atomic mass is 9.69. The first-order valence-corrected chi connectivity index (χ1v) is 20.2. The molecule has 3 aliphatic carbocycles. The van der Waals surface area contributed by atoms with E-state index in [0.717, 1.165) is 37.7 Å². The minimum absolute atomic E-state index is 0.0150. The fourth-order valence-electron chi connectivity index (χ4n) is 9.78. The van der Waals surface area contributed by atoms with Crippen molar-refractivity contribution >= 4 is 12.2 Å². The van der Waals surface area contributed by atoms with E-state index in [9.17, 15) is 40.5 Å². The van der Waals surface area contributed by atoms with E-state index in [4.69, 9.17) is 14.2 Å². The number of ether oxygens (including phenoxy) is 3. The molecule has 5 fully saturated rings. The van der Waals surface area contributed by atoms with Crippen LogP contribution in [0.25, 0.3) is 0 Å². The third-order valence-electron chi connectivity index (χ3n) is 13.3. The van der Waals surface area contributed by atoms with Gasteiger partial charge in [-0.1, -0.05) is 38.3 Å². The largest absolute Gasteiger partial charge is 0.479 e. The Labute approximate surface area is 313 Å². The molecule has 0 spiro atoms. The maximum absolute atomic E-state index is 12.1. The summed E-state index contributed by atoms with van der Waals surface area (Å²) in [5.74, 6) is -0.649. The topological polar surface area (TPSA) is 211 Å². The highest BCUT2D eigenvalue weighted by atomic mass is 16.7. The van der Waals surface area contributed by atoms with Crippen LogP contribution in [0.1, 0.15) is 96.8 Å². The number of nitrogens with zero attached hydrogens (tertiary/aromatic N) is 1. The molecule has 53 heavy (non-hydrogen) atoms. The lowest BCUT2D eigenvalue weighted by Crippen LogP contribution is -2.75. The number of aliphatic hydroxyl groups excluding tert-OH is 5. The van der Waals surface area contributed by atoms with Crippen molar-refractivity contribution in [2.75, 3.05) is 13.2 Å². The number of nitrogens with one attached hydrogen (secondary N) is 1. The molecule has 3 saturated carbocycles. The van der Waals surface area contributed by atoms with E-state index in [2.05, 4.69) is 29.4 Å². The molecule has 0 radical (unpaired) electrons. The van der Waals surface area contributed by atoms with E-state index in [1.165, 1.54) is 32.1 Å². The molecule has 2 saturated heterocycles. The zero-order valence-corrected chi connectivity index (χ0v) is 31.1. The first kappa shape index (κ1) is 40.7. The summed E-state index contributed by atoms with van der Waals surface area (Å²) in [5, 5.41) is 79.9. The van der Waals surface area contributed by atoms with Gasteiger partial charge in [-0.2, -0.15) is 0 Å². The molecule has 3 heterocycles. The average molecular weight is 748 g/mol. The number of hydrogen-bond acceptors (Lipinski definition) is 12. The molecule has 0 bridgehead atoms. The third-order valence-corrected chi connectivity index (χ3v) is 13.3. The van der Waals surface area contributed by atoms with Crippen molar-refractivity contribution in [1.29, 1.82) is 0 Å². The monoisotopic (exact) mass is 747 g/mol. The Bertz CT molecular complexity index is 1280. The van der Waals surface area contributed by atoms with Gasteiger partial charge in [-0.3, -0.25) is 5.32 Å². The Kier molecular flexibility index (Phi) is 14.1. The summed E-state index contributed by atoms with van der Waals surface area (Å²) in [6, 6.07) is 0. The smallest absolute Gasteiger partial charge is 0.335 e. The standard InChI is InChI=1S/C40H62N2O11/c1-23(6-5-9-24-7-3-2-4-8-24)27(18-25-16-17-41-20-25)21-42-38(49)40(50)36(46)34(45)35(37(47)48)53-39(40)52-29-14-15-30-32(19-29)51-22-31(33(30)44)26-10-12-28(43)13-11-26/h5,9,16-17,20,23-24,26-36,38-39,42-46,49-50H,2-4,6-8,10-15,18-19,21-22H2,1H3/p+1/t23-,26?,27+,28?,29?,30?,31?,32?,33?,34-,35+,36+,38-,39-,40-/m1/s1. The zero-order valence-electron chi connectivity index (χ0n) is 31.1. The van der Waals surface area contributed by atoms with E-state index in [-0.39, 0.29) is 48.3 Å². The SMILES string of the molecule is C[C@H](CC=CC1CCCCC1)[C@H](CN[C@H](O)[C@@]1(O)[C@H](OC2CCC3C(C2)OCC(C2CCC(O)CC2)C3O)O[C@H](C(=O)O)[C@@H](O)[C@@H]1O)CC1=C[CH+]N=C1. The van der Waals surface area contributed by atoms with Gasteiger partial charge in [0, 0.05) is 31.2 Å². The van der Waals surface area contributed by atoms with E-state index in [1.54, 1.807) is 12.8 Å². The molecule has 6 aliphatic rings. The van der Waals surface area contributed by atoms with Gasteiger partial charge >= 0.3 is 5.97 Å². The number of allylic oxidation sites excluding steroid dienone is 3. The predicted octanol–water partition coefficient (Wildman–Crippen LogP) is 2.61. The van der Waals surface area contributed by atoms with E-state index in [1.807, 2.05) is 6.08 Å². The third kappa shape index (κ3) is 9.56. The molecular formula is C40H63N2O11+. The molecular weight excluding hydrogens is 684 g/mol. The number of carboxylic acids is 1. The molecule has 0 amide bonds. The van der Waals surface area contributed by atoms with Crippen LogP contribution in [0.5, 0.6) is 0 Å². The Morgan fingerprint density at radius 3 is 2.51 bits per heavy atom. The van der Waals surface area contributed by atoms with Gasteiger partial charge in [0.2, 0.25) is 0 Å². The Balaban J connectivity index is 1.11. The molecule has 8 N–H and O–H groups in total. The average Bonchev–Trinajstić information content (AvgIpc) is 3.67. The van der Waals surface area contributed by atoms with Crippen LogP contribution in [0.15, 0.2) is 28.8 Å². The quantitative estimate of drug-likeness (QED) is 0.0733. The van der Waals surface area contributed by atoms with Crippen molar-refractivity contribution in [2.45, 2.75) is 158 Å². The van der Waals surface area contributed by atoms with Crippen LogP contribution < -0.4 is 5.32 Å². The van der Waals surface area contributed by atoms with Gasteiger partial charge < -0.3 is 50.0 Å². The van der Waals surface area contributed by atoms with Crippen molar-refractivity contribution in [3.63, 3.8) is 0 Å². The Hall–Kier alpha value is -1.91. The van der Waals surface area contributed by atoms with Crippen LogP contribution >= 0.6 is 0 Å². The summed E-state index contributed by atoms with van der Waals surface area (Å²) in [5.41, 5.74) is -1.60. The first-order valence-electron chi connectivity index (χ1n) is 20.2. The Morgan fingerprint density at radius 1 is 1.06 bits per heavy atom. The van der Waals surface area contributed by atoms with Gasteiger partial charge in [0.15, 0.2) is 24.2 Å². The molecule has 13 heteroatoms. The minimum Gasteiger partial charge on any atom is -0.479 e. The summed E-state index contributed by atoms with van der Waals surface area (Å²) in [4.78, 5) is 16.3. The molecule has 298 valence electrons. The Morgan fingerprint density at radius 2 is 1.81 bits per heavy atom. The molecule has 5 unspecified atom stereocenters. The number of carbonyl (C=O) groups is 1. The van der Waals surface area contributed by atoms with Gasteiger partial charge in [0.25, 0.3) is 0 Å². The van der Waals surface area contributed by atoms with Gasteiger partial charge in [0.05, 0.1) is 37.1 Å². The second-order valence-electron chi connectivity index (χ2n) is 16.9. The molecule has 13 atom stereocenters. The number of aliphatic hydroxyl groups is 6. The van der Waals surface area contributed by atoms with Crippen LogP contribution in [-0.2, 0) is 19.0 Å². The summed E-state index contributed by atoms with van der Waals surface area (Å²) in [7, 11) is 0. The maximum Gasteiger partial charge on any atom is 0.335 e. The summed E-state index contributed by atoms with van der Waals surface area (Å²) in [6.45, 7) is 4.48. The molecule has 6 rings (SSSR count). The summed E-state index contributed by atoms with van der Waals surface area (Å²) in [6.07, 6.45) is 8.94. The lowest BCUT2D eigenvalue weighted by molar-refractivity contribution is -0.367. The highest BCUT2D eigenvalue weighted by Gasteiger charge is 2.62.